The molecule has 0 aliphatic heterocycles. The van der Waals surface area contributed by atoms with Gasteiger partial charge in [-0.25, -0.2) is 4.39 Å². The Bertz CT molecular complexity index is 324. The van der Waals surface area contributed by atoms with E-state index in [0.717, 1.165) is 18.4 Å². The second-order valence-corrected chi connectivity index (χ2v) is 5.01. The topological polar surface area (TPSA) is 20.2 Å². The molecule has 1 aromatic carbocycles. The lowest BCUT2D eigenvalue weighted by atomic mass is 9.89. The monoisotopic (exact) mass is 238 g/mol. The van der Waals surface area contributed by atoms with E-state index in [1.807, 2.05) is 6.07 Å². The molecule has 0 amide bonds. The van der Waals surface area contributed by atoms with Crippen molar-refractivity contribution < 1.29 is 9.50 Å². The van der Waals surface area contributed by atoms with Crippen molar-refractivity contribution in [2.24, 2.45) is 11.8 Å². The minimum absolute atomic E-state index is 0.185. The molecule has 0 aromatic heterocycles. The van der Waals surface area contributed by atoms with E-state index >= 15 is 0 Å². The van der Waals surface area contributed by atoms with Gasteiger partial charge >= 0.3 is 0 Å². The number of aliphatic hydroxyl groups excluding tert-OH is 1. The first kappa shape index (κ1) is 14.2. The Labute approximate surface area is 104 Å². The Hall–Kier alpha value is -0.890. The maximum atomic E-state index is 13.0. The molecule has 0 bridgehead atoms. The first-order valence-corrected chi connectivity index (χ1v) is 6.51. The maximum absolute atomic E-state index is 13.0. The number of rotatable bonds is 7. The van der Waals surface area contributed by atoms with Gasteiger partial charge in [0, 0.05) is 6.61 Å². The predicted octanol–water partition coefficient (Wildman–Crippen LogP) is 3.80. The van der Waals surface area contributed by atoms with Gasteiger partial charge in [-0.15, -0.1) is 0 Å². The van der Waals surface area contributed by atoms with Crippen LogP contribution in [0.25, 0.3) is 0 Å². The standard InChI is InChI=1S/C15H23FO/c1-3-5-12(2)8-14(11-17)9-13-6-4-7-15(16)10-13/h4,6-7,10,12,14,17H,3,5,8-9,11H2,1-2H3. The van der Waals surface area contributed by atoms with Crippen molar-refractivity contribution in [3.05, 3.63) is 35.6 Å². The molecule has 0 spiro atoms. The van der Waals surface area contributed by atoms with Gasteiger partial charge in [0.1, 0.15) is 5.82 Å². The average Bonchev–Trinajstić information content (AvgIpc) is 2.28. The molecule has 1 aromatic rings. The largest absolute Gasteiger partial charge is 0.396 e. The molecule has 0 aliphatic rings. The summed E-state index contributed by atoms with van der Waals surface area (Å²) in [5.41, 5.74) is 0.979. The van der Waals surface area contributed by atoms with Gasteiger partial charge in [0.15, 0.2) is 0 Å². The van der Waals surface area contributed by atoms with Crippen molar-refractivity contribution in [3.8, 4) is 0 Å². The summed E-state index contributed by atoms with van der Waals surface area (Å²) in [4.78, 5) is 0. The minimum atomic E-state index is -0.194. The zero-order valence-electron chi connectivity index (χ0n) is 10.8. The summed E-state index contributed by atoms with van der Waals surface area (Å²) in [6.07, 6.45) is 4.15. The number of aliphatic hydroxyl groups is 1. The first-order valence-electron chi connectivity index (χ1n) is 6.51. The molecule has 1 rings (SSSR count). The smallest absolute Gasteiger partial charge is 0.123 e. The highest BCUT2D eigenvalue weighted by Crippen LogP contribution is 2.20. The number of benzene rings is 1. The van der Waals surface area contributed by atoms with Crippen LogP contribution in [-0.2, 0) is 6.42 Å². The Morgan fingerprint density at radius 3 is 2.71 bits per heavy atom. The van der Waals surface area contributed by atoms with E-state index < -0.39 is 0 Å². The van der Waals surface area contributed by atoms with Gasteiger partial charge in [0.05, 0.1) is 0 Å². The van der Waals surface area contributed by atoms with Gasteiger partial charge in [-0.3, -0.25) is 0 Å². The second-order valence-electron chi connectivity index (χ2n) is 5.01. The lowest BCUT2D eigenvalue weighted by molar-refractivity contribution is 0.200. The molecule has 2 heteroatoms. The van der Waals surface area contributed by atoms with Crippen LogP contribution < -0.4 is 0 Å². The molecule has 2 unspecified atom stereocenters. The van der Waals surface area contributed by atoms with Gasteiger partial charge in [0.25, 0.3) is 0 Å². The Kier molecular flexibility index (Phi) is 6.20. The molecule has 0 saturated carbocycles. The molecular weight excluding hydrogens is 215 g/mol. The van der Waals surface area contributed by atoms with Crippen LogP contribution in [0.2, 0.25) is 0 Å². The minimum Gasteiger partial charge on any atom is -0.396 e. The van der Waals surface area contributed by atoms with Crippen LogP contribution in [0.4, 0.5) is 4.39 Å². The SMILES string of the molecule is CCCC(C)CC(CO)Cc1cccc(F)c1. The summed E-state index contributed by atoms with van der Waals surface area (Å²) in [6, 6.07) is 6.68. The normalized spacial score (nSPS) is 14.6. The van der Waals surface area contributed by atoms with E-state index in [-0.39, 0.29) is 18.3 Å². The van der Waals surface area contributed by atoms with Crippen molar-refractivity contribution in [1.82, 2.24) is 0 Å². The summed E-state index contributed by atoms with van der Waals surface area (Å²) in [6.45, 7) is 4.58. The van der Waals surface area contributed by atoms with Crippen LogP contribution >= 0.6 is 0 Å². The van der Waals surface area contributed by atoms with Gasteiger partial charge in [-0.05, 0) is 42.4 Å². The van der Waals surface area contributed by atoms with E-state index in [9.17, 15) is 9.50 Å². The highest BCUT2D eigenvalue weighted by atomic mass is 19.1. The predicted molar refractivity (Wildman–Crippen MR) is 69.4 cm³/mol. The molecule has 0 radical (unpaired) electrons. The lowest BCUT2D eigenvalue weighted by Crippen LogP contribution is -2.13. The van der Waals surface area contributed by atoms with E-state index in [0.29, 0.717) is 5.92 Å². The fraction of sp³-hybridized carbons (Fsp3) is 0.600. The van der Waals surface area contributed by atoms with Crippen LogP contribution in [0, 0.1) is 17.7 Å². The van der Waals surface area contributed by atoms with E-state index in [1.54, 1.807) is 12.1 Å². The highest BCUT2D eigenvalue weighted by molar-refractivity contribution is 5.16. The van der Waals surface area contributed by atoms with Gasteiger partial charge < -0.3 is 5.11 Å². The zero-order chi connectivity index (χ0) is 12.7. The molecule has 0 heterocycles. The first-order chi connectivity index (χ1) is 8.15. The van der Waals surface area contributed by atoms with Gasteiger partial charge in [-0.1, -0.05) is 38.8 Å². The van der Waals surface area contributed by atoms with E-state index in [4.69, 9.17) is 0 Å². The van der Waals surface area contributed by atoms with E-state index in [2.05, 4.69) is 13.8 Å². The summed E-state index contributed by atoms with van der Waals surface area (Å²) in [5.74, 6) is 0.685. The van der Waals surface area contributed by atoms with Gasteiger partial charge in [0.2, 0.25) is 0 Å². The highest BCUT2D eigenvalue weighted by Gasteiger charge is 2.13. The third kappa shape index (κ3) is 5.31. The third-order valence-electron chi connectivity index (χ3n) is 3.19. The van der Waals surface area contributed by atoms with Crippen molar-refractivity contribution in [2.45, 2.75) is 39.5 Å². The molecule has 0 aliphatic carbocycles. The van der Waals surface area contributed by atoms with Crippen LogP contribution in [0.3, 0.4) is 0 Å². The summed E-state index contributed by atoms with van der Waals surface area (Å²) in [7, 11) is 0. The third-order valence-corrected chi connectivity index (χ3v) is 3.19. The number of hydrogen-bond acceptors (Lipinski definition) is 1. The van der Waals surface area contributed by atoms with Gasteiger partial charge in [-0.2, -0.15) is 0 Å². The molecule has 96 valence electrons. The van der Waals surface area contributed by atoms with Crippen LogP contribution in [0.1, 0.15) is 38.7 Å². The second kappa shape index (κ2) is 7.44. The summed E-state index contributed by atoms with van der Waals surface area (Å²) >= 11 is 0. The maximum Gasteiger partial charge on any atom is 0.123 e. The van der Waals surface area contributed by atoms with Crippen molar-refractivity contribution in [2.75, 3.05) is 6.61 Å². The fourth-order valence-electron chi connectivity index (χ4n) is 2.40. The molecule has 1 N–H and O–H groups in total. The van der Waals surface area contributed by atoms with Crippen LogP contribution in [0.15, 0.2) is 24.3 Å². The molecule has 0 saturated heterocycles. The summed E-state index contributed by atoms with van der Waals surface area (Å²) < 4.78 is 13.0. The Morgan fingerprint density at radius 2 is 2.12 bits per heavy atom. The van der Waals surface area contributed by atoms with Crippen molar-refractivity contribution in [3.63, 3.8) is 0 Å². The molecule has 0 fully saturated rings. The fourth-order valence-corrected chi connectivity index (χ4v) is 2.40. The Morgan fingerprint density at radius 1 is 1.35 bits per heavy atom. The quantitative estimate of drug-likeness (QED) is 0.766. The van der Waals surface area contributed by atoms with Crippen LogP contribution in [0.5, 0.6) is 0 Å². The Balaban J connectivity index is 2.51. The summed E-state index contributed by atoms with van der Waals surface area (Å²) in [5, 5.41) is 9.38. The zero-order valence-corrected chi connectivity index (χ0v) is 10.8. The number of hydrogen-bond donors (Lipinski definition) is 1. The lowest BCUT2D eigenvalue weighted by Gasteiger charge is -2.18. The molecule has 1 nitrogen and oxygen atoms in total. The molecule has 17 heavy (non-hydrogen) atoms. The average molecular weight is 238 g/mol. The number of halogens is 1. The van der Waals surface area contributed by atoms with E-state index in [1.165, 1.54) is 18.9 Å². The van der Waals surface area contributed by atoms with Crippen molar-refractivity contribution in [1.29, 1.82) is 0 Å². The van der Waals surface area contributed by atoms with Crippen LogP contribution in [-0.4, -0.2) is 11.7 Å². The molecule has 2 atom stereocenters. The van der Waals surface area contributed by atoms with Crippen molar-refractivity contribution >= 4 is 0 Å². The molecular formula is C15H23FO.